The van der Waals surface area contributed by atoms with Crippen molar-refractivity contribution in [3.8, 4) is 0 Å². The zero-order valence-corrected chi connectivity index (χ0v) is 18.1. The summed E-state index contributed by atoms with van der Waals surface area (Å²) in [7, 11) is -3.88. The van der Waals surface area contributed by atoms with Crippen molar-refractivity contribution in [1.82, 2.24) is 24.8 Å². The standard InChI is InChI=1S/C17H22ClN5O3S2/c1-17(2,3)22-28(25,26)13-8-10(4-7-12(13)18)15(24)19-9-14-20-21-16(27)23(14)11-5-6-11/h4,7-8,11,22H,5-6,9H2,1-3H3,(H,19,24)(H,21,27). The number of nitrogens with one attached hydrogen (secondary N) is 3. The second-order valence-electron chi connectivity index (χ2n) is 7.73. The highest BCUT2D eigenvalue weighted by atomic mass is 35.5. The van der Waals surface area contributed by atoms with Gasteiger partial charge in [0.25, 0.3) is 5.91 Å². The second-order valence-corrected chi connectivity index (χ2v) is 10.2. The number of hydrogen-bond acceptors (Lipinski definition) is 5. The Labute approximate surface area is 173 Å². The van der Waals surface area contributed by atoms with E-state index < -0.39 is 21.5 Å². The van der Waals surface area contributed by atoms with Gasteiger partial charge in [0.15, 0.2) is 10.6 Å². The normalized spacial score (nSPS) is 14.9. The van der Waals surface area contributed by atoms with E-state index in [1.54, 1.807) is 20.8 Å². The van der Waals surface area contributed by atoms with Gasteiger partial charge in [-0.15, -0.1) is 0 Å². The fourth-order valence-corrected chi connectivity index (χ4v) is 4.99. The lowest BCUT2D eigenvalue weighted by Crippen LogP contribution is -2.40. The van der Waals surface area contributed by atoms with Crippen LogP contribution in [-0.4, -0.2) is 34.6 Å². The summed E-state index contributed by atoms with van der Waals surface area (Å²) in [5.74, 6) is 0.206. The highest BCUT2D eigenvalue weighted by Gasteiger charge is 2.28. The number of benzene rings is 1. The highest BCUT2D eigenvalue weighted by Crippen LogP contribution is 2.35. The average Bonchev–Trinajstić information content (AvgIpc) is 3.33. The van der Waals surface area contributed by atoms with Crippen LogP contribution in [0.5, 0.6) is 0 Å². The summed E-state index contributed by atoms with van der Waals surface area (Å²) >= 11 is 11.3. The van der Waals surface area contributed by atoms with Crippen molar-refractivity contribution in [1.29, 1.82) is 0 Å². The number of sulfonamides is 1. The maximum atomic E-state index is 12.6. The van der Waals surface area contributed by atoms with E-state index in [1.165, 1.54) is 18.2 Å². The van der Waals surface area contributed by atoms with E-state index in [9.17, 15) is 13.2 Å². The number of aromatic amines is 1. The zero-order valence-electron chi connectivity index (χ0n) is 15.7. The molecule has 0 bridgehead atoms. The van der Waals surface area contributed by atoms with Crippen molar-refractivity contribution in [3.05, 3.63) is 39.4 Å². The molecule has 3 rings (SSSR count). The molecule has 1 aromatic heterocycles. The molecular weight excluding hydrogens is 422 g/mol. The number of carbonyl (C=O) groups is 1. The lowest BCUT2D eigenvalue weighted by Gasteiger charge is -2.21. The monoisotopic (exact) mass is 443 g/mol. The molecule has 0 atom stereocenters. The first-order chi connectivity index (χ1) is 13.0. The summed E-state index contributed by atoms with van der Waals surface area (Å²) in [6, 6.07) is 4.47. The van der Waals surface area contributed by atoms with E-state index in [0.717, 1.165) is 12.8 Å². The van der Waals surface area contributed by atoms with Gasteiger partial charge in [-0.25, -0.2) is 13.1 Å². The molecule has 0 spiro atoms. The van der Waals surface area contributed by atoms with Crippen molar-refractivity contribution in [2.24, 2.45) is 0 Å². The zero-order chi connectivity index (χ0) is 20.7. The molecule has 0 radical (unpaired) electrons. The summed E-state index contributed by atoms with van der Waals surface area (Å²) in [4.78, 5) is 12.4. The number of rotatable bonds is 6. The van der Waals surface area contributed by atoms with Gasteiger partial charge in [-0.2, -0.15) is 5.10 Å². The summed E-state index contributed by atoms with van der Waals surface area (Å²) in [5, 5.41) is 9.69. The topological polar surface area (TPSA) is 109 Å². The maximum Gasteiger partial charge on any atom is 0.251 e. The van der Waals surface area contributed by atoms with Crippen LogP contribution < -0.4 is 10.0 Å². The number of aromatic nitrogens is 3. The number of amides is 1. The summed E-state index contributed by atoms with van der Waals surface area (Å²) < 4.78 is 30.2. The SMILES string of the molecule is CC(C)(C)NS(=O)(=O)c1cc(C(=O)NCc2n[nH]c(=S)n2C2CC2)ccc1Cl. The quantitative estimate of drug-likeness (QED) is 0.595. The summed E-state index contributed by atoms with van der Waals surface area (Å²) in [5.41, 5.74) is -0.496. The van der Waals surface area contributed by atoms with E-state index in [4.69, 9.17) is 23.8 Å². The molecule has 1 aliphatic carbocycles. The highest BCUT2D eigenvalue weighted by molar-refractivity contribution is 7.89. The number of H-pyrrole nitrogens is 1. The second kappa shape index (κ2) is 7.58. The Morgan fingerprint density at radius 2 is 2.07 bits per heavy atom. The molecule has 2 aromatic rings. The third-order valence-electron chi connectivity index (χ3n) is 4.02. The van der Waals surface area contributed by atoms with Gasteiger partial charge in [0.2, 0.25) is 10.0 Å². The van der Waals surface area contributed by atoms with Crippen molar-refractivity contribution < 1.29 is 13.2 Å². The van der Waals surface area contributed by atoms with Crippen LogP contribution in [0.3, 0.4) is 0 Å². The third kappa shape index (κ3) is 4.80. The van der Waals surface area contributed by atoms with E-state index in [1.807, 2.05) is 4.57 Å². The van der Waals surface area contributed by atoms with E-state index in [2.05, 4.69) is 20.2 Å². The number of halogens is 1. The van der Waals surface area contributed by atoms with Gasteiger partial charge in [-0.3, -0.25) is 14.5 Å². The molecule has 11 heteroatoms. The average molecular weight is 444 g/mol. The summed E-state index contributed by atoms with van der Waals surface area (Å²) in [6.45, 7) is 5.34. The summed E-state index contributed by atoms with van der Waals surface area (Å²) in [6.07, 6.45) is 2.07. The van der Waals surface area contributed by atoms with Gasteiger partial charge in [-0.1, -0.05) is 11.6 Å². The number of nitrogens with zero attached hydrogens (tertiary/aromatic N) is 2. The van der Waals surface area contributed by atoms with Crippen molar-refractivity contribution in [2.75, 3.05) is 0 Å². The molecule has 0 aliphatic heterocycles. The van der Waals surface area contributed by atoms with Gasteiger partial charge in [0.05, 0.1) is 11.6 Å². The Morgan fingerprint density at radius 3 is 2.68 bits per heavy atom. The Morgan fingerprint density at radius 1 is 1.39 bits per heavy atom. The van der Waals surface area contributed by atoms with Crippen molar-refractivity contribution in [2.45, 2.75) is 56.6 Å². The maximum absolute atomic E-state index is 12.6. The third-order valence-corrected chi connectivity index (χ3v) is 6.55. The first kappa shape index (κ1) is 21.0. The number of hydrogen-bond donors (Lipinski definition) is 3. The van der Waals surface area contributed by atoms with Gasteiger partial charge < -0.3 is 5.32 Å². The Kier molecular flexibility index (Phi) is 5.68. The van der Waals surface area contributed by atoms with Gasteiger partial charge in [0, 0.05) is 17.1 Å². The molecule has 8 nitrogen and oxygen atoms in total. The van der Waals surface area contributed by atoms with Gasteiger partial charge in [-0.05, 0) is 64.0 Å². The van der Waals surface area contributed by atoms with Crippen LogP contribution in [0.2, 0.25) is 5.02 Å². The van der Waals surface area contributed by atoms with Crippen LogP contribution in [0.15, 0.2) is 23.1 Å². The predicted molar refractivity (Wildman–Crippen MR) is 108 cm³/mol. The van der Waals surface area contributed by atoms with E-state index in [0.29, 0.717) is 16.6 Å². The lowest BCUT2D eigenvalue weighted by molar-refractivity contribution is 0.0949. The Bertz CT molecular complexity index is 1070. The Balaban J connectivity index is 1.79. The Hall–Kier alpha value is -1.75. The molecule has 3 N–H and O–H groups in total. The smallest absolute Gasteiger partial charge is 0.251 e. The first-order valence-corrected chi connectivity index (χ1v) is 11.0. The lowest BCUT2D eigenvalue weighted by atomic mass is 10.1. The minimum absolute atomic E-state index is 0.0444. The van der Waals surface area contributed by atoms with Gasteiger partial charge in [0.1, 0.15) is 4.90 Å². The van der Waals surface area contributed by atoms with E-state index in [-0.39, 0.29) is 22.0 Å². The van der Waals surface area contributed by atoms with Crippen LogP contribution >= 0.6 is 23.8 Å². The first-order valence-electron chi connectivity index (χ1n) is 8.75. The fraction of sp³-hybridized carbons (Fsp3) is 0.471. The van der Waals surface area contributed by atoms with Crippen LogP contribution in [0.1, 0.15) is 55.8 Å². The number of carbonyl (C=O) groups excluding carboxylic acids is 1. The minimum atomic E-state index is -3.88. The molecule has 1 fully saturated rings. The van der Waals surface area contributed by atoms with Crippen LogP contribution in [0.25, 0.3) is 0 Å². The molecule has 1 aliphatic rings. The molecule has 28 heavy (non-hydrogen) atoms. The van der Waals surface area contributed by atoms with Gasteiger partial charge >= 0.3 is 0 Å². The molecule has 1 aromatic carbocycles. The largest absolute Gasteiger partial charge is 0.345 e. The molecule has 152 valence electrons. The van der Waals surface area contributed by atoms with E-state index >= 15 is 0 Å². The molecule has 1 amide bonds. The molecule has 0 unspecified atom stereocenters. The van der Waals surface area contributed by atoms with Crippen LogP contribution in [0, 0.1) is 4.77 Å². The molecule has 1 heterocycles. The molecule has 0 saturated heterocycles. The fourth-order valence-electron chi connectivity index (χ4n) is 2.74. The molecular formula is C17H22ClN5O3S2. The minimum Gasteiger partial charge on any atom is -0.345 e. The predicted octanol–water partition coefficient (Wildman–Crippen LogP) is 2.94. The van der Waals surface area contributed by atoms with Crippen molar-refractivity contribution in [3.63, 3.8) is 0 Å². The van der Waals surface area contributed by atoms with Crippen LogP contribution in [-0.2, 0) is 16.6 Å². The van der Waals surface area contributed by atoms with Crippen molar-refractivity contribution >= 4 is 39.7 Å². The molecule has 1 saturated carbocycles. The van der Waals surface area contributed by atoms with Crippen LogP contribution in [0.4, 0.5) is 0 Å².